The third-order valence-corrected chi connectivity index (χ3v) is 4.29. The molecule has 1 aromatic carbocycles. The maximum Gasteiger partial charge on any atom is 0.162 e. The summed E-state index contributed by atoms with van der Waals surface area (Å²) in [5.41, 5.74) is 1.15. The van der Waals surface area contributed by atoms with Gasteiger partial charge in [0, 0.05) is 25.0 Å². The van der Waals surface area contributed by atoms with Crippen LogP contribution in [0.2, 0.25) is 0 Å². The van der Waals surface area contributed by atoms with E-state index in [2.05, 4.69) is 0 Å². The first-order valence-electron chi connectivity index (χ1n) is 8.80. The number of hydrogen-bond acceptors (Lipinski definition) is 4. The molecule has 0 aromatic heterocycles. The molecule has 0 saturated carbocycles. The average molecular weight is 332 g/mol. The van der Waals surface area contributed by atoms with E-state index < -0.39 is 0 Å². The second-order valence-electron chi connectivity index (χ2n) is 6.08. The van der Waals surface area contributed by atoms with Crippen molar-refractivity contribution < 1.29 is 19.0 Å². The van der Waals surface area contributed by atoms with Crippen molar-refractivity contribution in [1.29, 1.82) is 0 Å². The van der Waals surface area contributed by atoms with Crippen LogP contribution in [0.15, 0.2) is 36.1 Å². The molecule has 0 spiro atoms. The van der Waals surface area contributed by atoms with Gasteiger partial charge in [0.05, 0.1) is 26.1 Å². The van der Waals surface area contributed by atoms with Crippen LogP contribution in [-0.4, -0.2) is 26.1 Å². The molecule has 1 aliphatic carbocycles. The molecule has 0 heterocycles. The Kier molecular flexibility index (Phi) is 7.83. The Morgan fingerprint density at radius 1 is 1.17 bits per heavy atom. The fourth-order valence-electron chi connectivity index (χ4n) is 2.90. The summed E-state index contributed by atoms with van der Waals surface area (Å²) in [7, 11) is 1.66. The number of benzene rings is 1. The molecule has 2 rings (SSSR count). The Morgan fingerprint density at radius 2 is 1.96 bits per heavy atom. The summed E-state index contributed by atoms with van der Waals surface area (Å²) in [6, 6.07) is 7.92. The van der Waals surface area contributed by atoms with Gasteiger partial charge in [0.15, 0.2) is 5.78 Å². The lowest BCUT2D eigenvalue weighted by Crippen LogP contribution is -2.18. The maximum atomic E-state index is 12.0. The molecule has 4 heteroatoms. The fourth-order valence-corrected chi connectivity index (χ4v) is 2.90. The van der Waals surface area contributed by atoms with E-state index in [-0.39, 0.29) is 11.7 Å². The zero-order valence-corrected chi connectivity index (χ0v) is 14.8. The number of hydrogen-bond donors (Lipinski definition) is 0. The van der Waals surface area contributed by atoms with Gasteiger partial charge in [-0.3, -0.25) is 4.79 Å². The lowest BCUT2D eigenvalue weighted by molar-refractivity contribution is -0.119. The van der Waals surface area contributed by atoms with E-state index in [4.69, 9.17) is 14.2 Å². The highest BCUT2D eigenvalue weighted by molar-refractivity contribution is 5.92. The molecule has 132 valence electrons. The lowest BCUT2D eigenvalue weighted by Gasteiger charge is -2.20. The van der Waals surface area contributed by atoms with Crippen molar-refractivity contribution in [1.82, 2.24) is 0 Å². The van der Waals surface area contributed by atoms with Crippen LogP contribution in [0.4, 0.5) is 0 Å². The highest BCUT2D eigenvalue weighted by atomic mass is 16.5. The van der Waals surface area contributed by atoms with Crippen LogP contribution in [0.5, 0.6) is 5.75 Å². The van der Waals surface area contributed by atoms with Crippen molar-refractivity contribution in [3.63, 3.8) is 0 Å². The van der Waals surface area contributed by atoms with Crippen LogP contribution >= 0.6 is 0 Å². The molecule has 1 atom stereocenters. The van der Waals surface area contributed by atoms with E-state index in [9.17, 15) is 4.79 Å². The van der Waals surface area contributed by atoms with Gasteiger partial charge in [-0.1, -0.05) is 18.6 Å². The largest absolute Gasteiger partial charge is 0.498 e. The molecule has 0 amide bonds. The van der Waals surface area contributed by atoms with Gasteiger partial charge in [-0.25, -0.2) is 0 Å². The molecule has 0 aliphatic heterocycles. The summed E-state index contributed by atoms with van der Waals surface area (Å²) in [6.07, 6.45) is 6.45. The van der Waals surface area contributed by atoms with Gasteiger partial charge < -0.3 is 14.2 Å². The second kappa shape index (κ2) is 10.1. The number of rotatable bonds is 10. The molecule has 0 radical (unpaired) electrons. The molecular weight excluding hydrogens is 304 g/mol. The first kappa shape index (κ1) is 18.5. The highest BCUT2D eigenvalue weighted by Gasteiger charge is 2.22. The van der Waals surface area contributed by atoms with Crippen LogP contribution in [0, 0.1) is 5.92 Å². The van der Waals surface area contributed by atoms with Gasteiger partial charge in [0.25, 0.3) is 0 Å². The topological polar surface area (TPSA) is 44.8 Å². The van der Waals surface area contributed by atoms with Crippen molar-refractivity contribution in [3.8, 4) is 5.75 Å². The molecule has 24 heavy (non-hydrogen) atoms. The number of carbonyl (C=O) groups is 1. The Labute approximate surface area is 144 Å². The summed E-state index contributed by atoms with van der Waals surface area (Å²) in [5.74, 6) is 2.10. The average Bonchev–Trinajstić information content (AvgIpc) is 2.60. The number of ether oxygens (including phenoxy) is 3. The smallest absolute Gasteiger partial charge is 0.162 e. The predicted molar refractivity (Wildman–Crippen MR) is 93.9 cm³/mol. The van der Waals surface area contributed by atoms with Gasteiger partial charge in [-0.05, 0) is 43.9 Å². The molecule has 1 aliphatic rings. The molecule has 4 nitrogen and oxygen atoms in total. The summed E-state index contributed by atoms with van der Waals surface area (Å²) in [6.45, 7) is 3.93. The van der Waals surface area contributed by atoms with Crippen molar-refractivity contribution in [2.45, 2.75) is 45.6 Å². The van der Waals surface area contributed by atoms with Crippen LogP contribution < -0.4 is 4.74 Å². The quantitative estimate of drug-likeness (QED) is 0.600. The number of unbranched alkanes of at least 4 members (excludes halogenated alkanes) is 1. The summed E-state index contributed by atoms with van der Waals surface area (Å²) in [5, 5.41) is 0. The third kappa shape index (κ3) is 6.00. The Bertz CT molecular complexity index is 533. The fraction of sp³-hybridized carbons (Fsp3) is 0.550. The van der Waals surface area contributed by atoms with E-state index in [0.29, 0.717) is 13.2 Å². The Morgan fingerprint density at radius 3 is 2.62 bits per heavy atom. The molecule has 0 bridgehead atoms. The van der Waals surface area contributed by atoms with Crippen LogP contribution in [0.3, 0.4) is 0 Å². The van der Waals surface area contributed by atoms with Gasteiger partial charge >= 0.3 is 0 Å². The van der Waals surface area contributed by atoms with E-state index in [1.165, 1.54) is 0 Å². The zero-order chi connectivity index (χ0) is 17.2. The van der Waals surface area contributed by atoms with E-state index in [1.54, 1.807) is 13.2 Å². The number of methoxy groups -OCH3 is 1. The predicted octanol–water partition coefficient (Wildman–Crippen LogP) is 4.28. The number of allylic oxidation sites excluding steroid dienone is 2. The molecule has 1 unspecified atom stereocenters. The summed E-state index contributed by atoms with van der Waals surface area (Å²) < 4.78 is 16.3. The van der Waals surface area contributed by atoms with E-state index >= 15 is 0 Å². The van der Waals surface area contributed by atoms with Crippen molar-refractivity contribution in [2.75, 3.05) is 20.3 Å². The van der Waals surface area contributed by atoms with Gasteiger partial charge in [-0.15, -0.1) is 0 Å². The SMILES string of the molecule is CCOC1=CC(=O)C(CCCCOCc2ccc(OC)cc2)CC1. The first-order chi connectivity index (χ1) is 11.7. The Balaban J connectivity index is 1.57. The lowest BCUT2D eigenvalue weighted by atomic mass is 9.88. The minimum atomic E-state index is 0.163. The second-order valence-corrected chi connectivity index (χ2v) is 6.08. The third-order valence-electron chi connectivity index (χ3n) is 4.29. The summed E-state index contributed by atoms with van der Waals surface area (Å²) in [4.78, 5) is 12.0. The van der Waals surface area contributed by atoms with E-state index in [1.807, 2.05) is 31.2 Å². The Hall–Kier alpha value is -1.81. The standard InChI is InChI=1S/C20H28O4/c1-3-24-19-12-9-17(20(21)14-19)6-4-5-13-23-15-16-7-10-18(22-2)11-8-16/h7-8,10-11,14,17H,3-6,9,12-13,15H2,1-2H3. The molecule has 1 aromatic rings. The molecule has 0 fully saturated rings. The maximum absolute atomic E-state index is 12.0. The molecule has 0 saturated heterocycles. The number of carbonyl (C=O) groups excluding carboxylic acids is 1. The molecule has 0 N–H and O–H groups in total. The minimum absolute atomic E-state index is 0.163. The van der Waals surface area contributed by atoms with Crippen molar-refractivity contribution in [3.05, 3.63) is 41.7 Å². The van der Waals surface area contributed by atoms with Crippen LogP contribution in [0.1, 0.15) is 44.6 Å². The first-order valence-corrected chi connectivity index (χ1v) is 8.80. The van der Waals surface area contributed by atoms with Gasteiger partial charge in [0.1, 0.15) is 5.75 Å². The molecular formula is C20H28O4. The van der Waals surface area contributed by atoms with Crippen LogP contribution in [-0.2, 0) is 20.9 Å². The summed E-state index contributed by atoms with van der Waals surface area (Å²) >= 11 is 0. The highest BCUT2D eigenvalue weighted by Crippen LogP contribution is 2.25. The van der Waals surface area contributed by atoms with Gasteiger partial charge in [-0.2, -0.15) is 0 Å². The van der Waals surface area contributed by atoms with E-state index in [0.717, 1.165) is 55.8 Å². The number of ketones is 1. The minimum Gasteiger partial charge on any atom is -0.498 e. The van der Waals surface area contributed by atoms with Gasteiger partial charge in [0.2, 0.25) is 0 Å². The van der Waals surface area contributed by atoms with Crippen molar-refractivity contribution >= 4 is 5.78 Å². The monoisotopic (exact) mass is 332 g/mol. The normalized spacial score (nSPS) is 17.5. The van der Waals surface area contributed by atoms with Crippen molar-refractivity contribution in [2.24, 2.45) is 5.92 Å². The zero-order valence-electron chi connectivity index (χ0n) is 14.8. The van der Waals surface area contributed by atoms with Crippen LogP contribution in [0.25, 0.3) is 0 Å².